The molecule has 0 saturated carbocycles. The molecule has 1 fully saturated rings. The van der Waals surface area contributed by atoms with E-state index >= 15 is 0 Å². The van der Waals surface area contributed by atoms with E-state index in [2.05, 4.69) is 11.9 Å². The van der Waals surface area contributed by atoms with E-state index in [4.69, 9.17) is 11.6 Å². The van der Waals surface area contributed by atoms with Crippen LogP contribution in [0.2, 0.25) is 5.02 Å². The second-order valence-corrected chi connectivity index (χ2v) is 5.92. The average molecular weight is 281 g/mol. The zero-order chi connectivity index (χ0) is 14.0. The van der Waals surface area contributed by atoms with E-state index in [9.17, 15) is 4.79 Å². The molecule has 1 aliphatic rings. The Morgan fingerprint density at radius 2 is 2.21 bits per heavy atom. The molecule has 1 saturated heterocycles. The Morgan fingerprint density at radius 1 is 1.47 bits per heavy atom. The lowest BCUT2D eigenvalue weighted by Crippen LogP contribution is -2.39. The van der Waals surface area contributed by atoms with Gasteiger partial charge in [0.05, 0.1) is 0 Å². The van der Waals surface area contributed by atoms with Crippen LogP contribution in [0, 0.1) is 6.92 Å². The monoisotopic (exact) mass is 280 g/mol. The lowest BCUT2D eigenvalue weighted by Gasteiger charge is -2.26. The Morgan fingerprint density at radius 3 is 2.79 bits per heavy atom. The maximum atomic E-state index is 12.4. The molecule has 1 unspecified atom stereocenters. The molecule has 1 aliphatic heterocycles. The third-order valence-corrected chi connectivity index (χ3v) is 4.01. The van der Waals surface area contributed by atoms with Crippen molar-refractivity contribution in [2.45, 2.75) is 25.8 Å². The standard InChI is InChI=1S/C15H21ClN2O/c1-11-7-12(9-13(16)8-11)15(19)18(3)10-14-5-4-6-17(14)2/h7-9,14H,4-6,10H2,1-3H3. The highest BCUT2D eigenvalue weighted by atomic mass is 35.5. The predicted octanol–water partition coefficient (Wildman–Crippen LogP) is 2.81. The maximum absolute atomic E-state index is 12.4. The van der Waals surface area contributed by atoms with Crippen LogP contribution in [0.5, 0.6) is 0 Å². The van der Waals surface area contributed by atoms with Crippen molar-refractivity contribution in [1.29, 1.82) is 0 Å². The van der Waals surface area contributed by atoms with Crippen LogP contribution in [-0.4, -0.2) is 48.9 Å². The van der Waals surface area contributed by atoms with Crippen molar-refractivity contribution >= 4 is 17.5 Å². The molecule has 1 aromatic carbocycles. The van der Waals surface area contributed by atoms with Gasteiger partial charge >= 0.3 is 0 Å². The maximum Gasteiger partial charge on any atom is 0.253 e. The van der Waals surface area contributed by atoms with Crippen LogP contribution in [-0.2, 0) is 0 Å². The molecule has 1 aromatic rings. The van der Waals surface area contributed by atoms with E-state index in [-0.39, 0.29) is 5.91 Å². The lowest BCUT2D eigenvalue weighted by molar-refractivity contribution is 0.0761. The van der Waals surface area contributed by atoms with Gasteiger partial charge in [-0.1, -0.05) is 11.6 Å². The highest BCUT2D eigenvalue weighted by molar-refractivity contribution is 6.31. The number of carbonyl (C=O) groups is 1. The normalized spacial score (nSPS) is 19.7. The fraction of sp³-hybridized carbons (Fsp3) is 0.533. The number of benzene rings is 1. The van der Waals surface area contributed by atoms with Crippen molar-refractivity contribution in [3.8, 4) is 0 Å². The zero-order valence-electron chi connectivity index (χ0n) is 11.8. The summed E-state index contributed by atoms with van der Waals surface area (Å²) in [5.74, 6) is 0.0471. The Kier molecular flexibility index (Phi) is 4.48. The molecular weight excluding hydrogens is 260 g/mol. The molecule has 1 atom stereocenters. The van der Waals surface area contributed by atoms with Crippen molar-refractivity contribution in [3.05, 3.63) is 34.3 Å². The van der Waals surface area contributed by atoms with E-state index in [1.54, 1.807) is 11.0 Å². The number of rotatable bonds is 3. The van der Waals surface area contributed by atoms with E-state index in [0.29, 0.717) is 16.6 Å². The molecule has 0 spiro atoms. The van der Waals surface area contributed by atoms with Crippen molar-refractivity contribution in [3.63, 3.8) is 0 Å². The molecule has 19 heavy (non-hydrogen) atoms. The van der Waals surface area contributed by atoms with Crippen molar-refractivity contribution in [2.24, 2.45) is 0 Å². The Labute approximate surface area is 120 Å². The number of likely N-dealkylation sites (N-methyl/N-ethyl adjacent to an activating group) is 2. The minimum absolute atomic E-state index is 0.0471. The number of halogens is 1. The number of nitrogens with zero attached hydrogens (tertiary/aromatic N) is 2. The highest BCUT2D eigenvalue weighted by Crippen LogP contribution is 2.18. The quantitative estimate of drug-likeness (QED) is 0.850. The molecule has 3 nitrogen and oxygen atoms in total. The van der Waals surface area contributed by atoms with E-state index in [1.165, 1.54) is 12.8 Å². The van der Waals surface area contributed by atoms with Gasteiger partial charge in [0.2, 0.25) is 0 Å². The number of carbonyl (C=O) groups excluding carboxylic acids is 1. The Bertz CT molecular complexity index is 455. The lowest BCUT2D eigenvalue weighted by atomic mass is 10.1. The third-order valence-electron chi connectivity index (χ3n) is 3.79. The predicted molar refractivity (Wildman–Crippen MR) is 78.8 cm³/mol. The van der Waals surface area contributed by atoms with Crippen LogP contribution in [0.4, 0.5) is 0 Å². The molecule has 0 bridgehead atoms. The first kappa shape index (κ1) is 14.4. The highest BCUT2D eigenvalue weighted by Gasteiger charge is 2.24. The first-order chi connectivity index (χ1) is 8.97. The van der Waals surface area contributed by atoms with Gasteiger partial charge in [-0.25, -0.2) is 0 Å². The van der Waals surface area contributed by atoms with Crippen LogP contribution >= 0.6 is 11.6 Å². The molecule has 1 heterocycles. The zero-order valence-corrected chi connectivity index (χ0v) is 12.6. The van der Waals surface area contributed by atoms with E-state index in [0.717, 1.165) is 18.7 Å². The molecular formula is C15H21ClN2O. The second kappa shape index (κ2) is 5.93. The van der Waals surface area contributed by atoms with Crippen LogP contribution in [0.15, 0.2) is 18.2 Å². The molecule has 0 N–H and O–H groups in total. The van der Waals surface area contributed by atoms with Crippen molar-refractivity contribution in [2.75, 3.05) is 27.2 Å². The van der Waals surface area contributed by atoms with Crippen molar-refractivity contribution < 1.29 is 4.79 Å². The summed E-state index contributed by atoms with van der Waals surface area (Å²) in [7, 11) is 3.99. The molecule has 2 rings (SSSR count). The summed E-state index contributed by atoms with van der Waals surface area (Å²) in [5, 5.41) is 0.620. The third kappa shape index (κ3) is 3.48. The molecule has 104 valence electrons. The fourth-order valence-electron chi connectivity index (χ4n) is 2.69. The largest absolute Gasteiger partial charge is 0.340 e. The van der Waals surface area contributed by atoms with E-state index < -0.39 is 0 Å². The summed E-state index contributed by atoms with van der Waals surface area (Å²) in [6, 6.07) is 5.98. The SMILES string of the molecule is Cc1cc(Cl)cc(C(=O)N(C)CC2CCCN2C)c1. The van der Waals surface area contributed by atoms with Gasteiger partial charge in [-0.15, -0.1) is 0 Å². The summed E-state index contributed by atoms with van der Waals surface area (Å²) in [4.78, 5) is 16.5. The topological polar surface area (TPSA) is 23.6 Å². The Balaban J connectivity index is 2.06. The minimum Gasteiger partial charge on any atom is -0.340 e. The average Bonchev–Trinajstić information content (AvgIpc) is 2.72. The van der Waals surface area contributed by atoms with Gasteiger partial charge in [-0.05, 0) is 57.1 Å². The molecule has 1 amide bonds. The van der Waals surface area contributed by atoms with Gasteiger partial charge in [-0.2, -0.15) is 0 Å². The van der Waals surface area contributed by atoms with Gasteiger partial charge in [0, 0.05) is 30.2 Å². The molecule has 0 aromatic heterocycles. The summed E-state index contributed by atoms with van der Waals surface area (Å²) in [6.45, 7) is 3.86. The summed E-state index contributed by atoms with van der Waals surface area (Å²) in [5.41, 5.74) is 1.69. The number of hydrogen-bond donors (Lipinski definition) is 0. The van der Waals surface area contributed by atoms with Gasteiger partial charge in [-0.3, -0.25) is 4.79 Å². The molecule has 4 heteroatoms. The Hall–Kier alpha value is -1.06. The number of amides is 1. The van der Waals surface area contributed by atoms with E-state index in [1.807, 2.05) is 26.1 Å². The smallest absolute Gasteiger partial charge is 0.253 e. The second-order valence-electron chi connectivity index (χ2n) is 5.48. The summed E-state index contributed by atoms with van der Waals surface area (Å²) in [6.07, 6.45) is 2.39. The first-order valence-electron chi connectivity index (χ1n) is 6.70. The van der Waals surface area contributed by atoms with Gasteiger partial charge in [0.15, 0.2) is 0 Å². The van der Waals surface area contributed by atoms with Gasteiger partial charge in [0.1, 0.15) is 0 Å². The number of aryl methyl sites for hydroxylation is 1. The number of likely N-dealkylation sites (tertiary alicyclic amines) is 1. The van der Waals surface area contributed by atoms with Crippen LogP contribution in [0.1, 0.15) is 28.8 Å². The van der Waals surface area contributed by atoms with Crippen LogP contribution in [0.3, 0.4) is 0 Å². The van der Waals surface area contributed by atoms with Crippen molar-refractivity contribution in [1.82, 2.24) is 9.80 Å². The van der Waals surface area contributed by atoms with Gasteiger partial charge in [0.25, 0.3) is 5.91 Å². The summed E-state index contributed by atoms with van der Waals surface area (Å²) >= 11 is 6.01. The van der Waals surface area contributed by atoms with Gasteiger partial charge < -0.3 is 9.80 Å². The molecule has 0 radical (unpaired) electrons. The van der Waals surface area contributed by atoms with Crippen LogP contribution in [0.25, 0.3) is 0 Å². The molecule has 0 aliphatic carbocycles. The first-order valence-corrected chi connectivity index (χ1v) is 7.08. The number of hydrogen-bond acceptors (Lipinski definition) is 2. The minimum atomic E-state index is 0.0471. The fourth-order valence-corrected chi connectivity index (χ4v) is 2.98. The summed E-state index contributed by atoms with van der Waals surface area (Å²) < 4.78 is 0. The van der Waals surface area contributed by atoms with Crippen LogP contribution < -0.4 is 0 Å².